The van der Waals surface area contributed by atoms with E-state index in [0.29, 0.717) is 0 Å². The molecule has 0 unspecified atom stereocenters. The van der Waals surface area contributed by atoms with E-state index in [1.807, 2.05) is 30.3 Å². The van der Waals surface area contributed by atoms with Gasteiger partial charge in [-0.1, -0.05) is 53.7 Å². The van der Waals surface area contributed by atoms with Crippen LogP contribution in [0.4, 0.5) is 0 Å². The van der Waals surface area contributed by atoms with Crippen molar-refractivity contribution in [2.75, 3.05) is 13.1 Å². The lowest BCUT2D eigenvalue weighted by Crippen LogP contribution is -2.15. The van der Waals surface area contributed by atoms with Gasteiger partial charge in [0.2, 0.25) is 0 Å². The number of aromatic nitrogens is 2. The summed E-state index contributed by atoms with van der Waals surface area (Å²) in [5, 5.41) is 5.09. The van der Waals surface area contributed by atoms with Crippen molar-refractivity contribution in [1.82, 2.24) is 14.9 Å². The van der Waals surface area contributed by atoms with E-state index in [-0.39, 0.29) is 0 Å². The molecule has 1 N–H and O–H groups in total. The predicted octanol–water partition coefficient (Wildman–Crippen LogP) is 3.93. The minimum Gasteiger partial charge on any atom is -0.363 e. The van der Waals surface area contributed by atoms with E-state index < -0.39 is 0 Å². The number of imidazole rings is 1. The van der Waals surface area contributed by atoms with Crippen LogP contribution in [0, 0.1) is 0 Å². The zero-order chi connectivity index (χ0) is 16.4. The lowest BCUT2D eigenvalue weighted by atomic mass is 10.2. The predicted molar refractivity (Wildman–Crippen MR) is 102 cm³/mol. The summed E-state index contributed by atoms with van der Waals surface area (Å²) >= 11 is 8.06. The molecule has 3 aromatic rings. The van der Waals surface area contributed by atoms with Crippen LogP contribution in [-0.2, 0) is 12.3 Å². The van der Waals surface area contributed by atoms with E-state index in [0.717, 1.165) is 58.0 Å². The Balaban J connectivity index is 1.68. The molecule has 4 rings (SSSR count). The van der Waals surface area contributed by atoms with Gasteiger partial charge in [0.15, 0.2) is 5.17 Å². The van der Waals surface area contributed by atoms with Gasteiger partial charge in [0.1, 0.15) is 5.82 Å². The van der Waals surface area contributed by atoms with E-state index >= 15 is 0 Å². The Bertz CT molecular complexity index is 903. The molecule has 1 aliphatic heterocycles. The Labute approximate surface area is 149 Å². The van der Waals surface area contributed by atoms with Crippen molar-refractivity contribution in [2.45, 2.75) is 12.3 Å². The Morgan fingerprint density at radius 2 is 1.96 bits per heavy atom. The lowest BCUT2D eigenvalue weighted by Gasteiger charge is -2.11. The molecule has 0 atom stereocenters. The Hall–Kier alpha value is -1.98. The van der Waals surface area contributed by atoms with Gasteiger partial charge in [-0.25, -0.2) is 4.98 Å². The largest absolute Gasteiger partial charge is 0.363 e. The molecule has 4 nitrogen and oxygen atoms in total. The molecule has 0 bridgehead atoms. The molecule has 6 heteroatoms. The topological polar surface area (TPSA) is 42.2 Å². The molecule has 0 amide bonds. The third kappa shape index (κ3) is 3.14. The quantitative estimate of drug-likeness (QED) is 0.770. The highest BCUT2D eigenvalue weighted by atomic mass is 35.5. The van der Waals surface area contributed by atoms with Gasteiger partial charge in [-0.2, -0.15) is 0 Å². The van der Waals surface area contributed by atoms with Gasteiger partial charge in [-0.05, 0) is 23.8 Å². The Morgan fingerprint density at radius 3 is 2.79 bits per heavy atom. The zero-order valence-corrected chi connectivity index (χ0v) is 14.6. The van der Waals surface area contributed by atoms with Gasteiger partial charge >= 0.3 is 0 Å². The minimum atomic E-state index is 0.718. The molecule has 122 valence electrons. The number of aliphatic imine (C=N–C) groups is 1. The fourth-order valence-corrected chi connectivity index (χ4v) is 3.88. The molecular weight excluding hydrogens is 340 g/mol. The molecule has 0 radical (unpaired) electrons. The monoisotopic (exact) mass is 356 g/mol. The molecule has 1 aliphatic rings. The third-order valence-corrected chi connectivity index (χ3v) is 5.32. The van der Waals surface area contributed by atoms with Crippen LogP contribution < -0.4 is 5.32 Å². The van der Waals surface area contributed by atoms with E-state index in [1.54, 1.807) is 11.8 Å². The summed E-state index contributed by atoms with van der Waals surface area (Å²) in [6.45, 7) is 2.51. The van der Waals surface area contributed by atoms with E-state index in [1.165, 1.54) is 0 Å². The first-order chi connectivity index (χ1) is 11.8. The summed E-state index contributed by atoms with van der Waals surface area (Å²) in [5.41, 5.74) is 3.25. The number of halogens is 1. The van der Waals surface area contributed by atoms with Crippen LogP contribution in [0.3, 0.4) is 0 Å². The summed E-state index contributed by atoms with van der Waals surface area (Å²) < 4.78 is 2.25. The second-order valence-electron chi connectivity index (χ2n) is 5.60. The zero-order valence-electron chi connectivity index (χ0n) is 13.1. The molecule has 0 saturated heterocycles. The number of rotatable bonds is 4. The minimum absolute atomic E-state index is 0.718. The standard InChI is InChI=1S/C18H17ClN4S/c19-14-6-2-1-5-13(14)11-23-16-8-4-3-7-15(16)22-17(23)12-24-18-20-9-10-21-18/h1-8H,9-12H2,(H,20,21). The first-order valence-corrected chi connectivity index (χ1v) is 9.26. The number of fused-ring (bicyclic) bond motifs is 1. The molecular formula is C18H17ClN4S. The van der Waals surface area contributed by atoms with Gasteiger partial charge in [-0.15, -0.1) is 0 Å². The lowest BCUT2D eigenvalue weighted by molar-refractivity contribution is 0.781. The highest BCUT2D eigenvalue weighted by Crippen LogP contribution is 2.24. The fraction of sp³-hybridized carbons (Fsp3) is 0.222. The van der Waals surface area contributed by atoms with Crippen LogP contribution in [0.1, 0.15) is 11.4 Å². The molecule has 0 saturated carbocycles. The van der Waals surface area contributed by atoms with Crippen LogP contribution in [-0.4, -0.2) is 27.8 Å². The van der Waals surface area contributed by atoms with E-state index in [2.05, 4.69) is 33.1 Å². The van der Waals surface area contributed by atoms with Gasteiger partial charge in [0.05, 0.1) is 29.9 Å². The number of benzene rings is 2. The normalized spacial score (nSPS) is 14.0. The van der Waals surface area contributed by atoms with Gasteiger partial charge in [0.25, 0.3) is 0 Å². The van der Waals surface area contributed by atoms with E-state index in [9.17, 15) is 0 Å². The summed E-state index contributed by atoms with van der Waals surface area (Å²) in [7, 11) is 0. The number of nitrogens with zero attached hydrogens (tertiary/aromatic N) is 3. The second-order valence-corrected chi connectivity index (χ2v) is 6.97. The summed E-state index contributed by atoms with van der Waals surface area (Å²) in [6, 6.07) is 16.2. The number of para-hydroxylation sites is 2. The maximum Gasteiger partial charge on any atom is 0.157 e. The Kier molecular flexibility index (Phi) is 4.45. The van der Waals surface area contributed by atoms with Crippen LogP contribution in [0.5, 0.6) is 0 Å². The average molecular weight is 357 g/mol. The maximum atomic E-state index is 6.36. The SMILES string of the molecule is Clc1ccccc1Cn1c(CSC2=NCCN2)nc2ccccc21. The van der Waals surface area contributed by atoms with Crippen molar-refractivity contribution in [3.63, 3.8) is 0 Å². The number of hydrogen-bond donors (Lipinski definition) is 1. The molecule has 2 heterocycles. The first-order valence-electron chi connectivity index (χ1n) is 7.90. The molecule has 2 aromatic carbocycles. The molecule has 0 fully saturated rings. The summed E-state index contributed by atoms with van der Waals surface area (Å²) in [5.74, 6) is 1.82. The van der Waals surface area contributed by atoms with Crippen molar-refractivity contribution >= 4 is 39.6 Å². The summed E-state index contributed by atoms with van der Waals surface area (Å²) in [6.07, 6.45) is 0. The molecule has 24 heavy (non-hydrogen) atoms. The van der Waals surface area contributed by atoms with Crippen molar-refractivity contribution in [1.29, 1.82) is 0 Å². The van der Waals surface area contributed by atoms with Gasteiger partial charge in [-0.3, -0.25) is 4.99 Å². The average Bonchev–Trinajstić information content (AvgIpc) is 3.23. The van der Waals surface area contributed by atoms with Crippen molar-refractivity contribution in [3.05, 3.63) is 64.9 Å². The van der Waals surface area contributed by atoms with Crippen molar-refractivity contribution in [2.24, 2.45) is 4.99 Å². The number of nitrogens with one attached hydrogen (secondary N) is 1. The highest BCUT2D eigenvalue weighted by molar-refractivity contribution is 8.13. The van der Waals surface area contributed by atoms with Crippen LogP contribution in [0.2, 0.25) is 5.02 Å². The number of hydrogen-bond acceptors (Lipinski definition) is 4. The Morgan fingerprint density at radius 1 is 1.12 bits per heavy atom. The number of amidine groups is 1. The molecule has 0 aliphatic carbocycles. The third-order valence-electron chi connectivity index (χ3n) is 4.00. The van der Waals surface area contributed by atoms with Gasteiger partial charge in [0, 0.05) is 11.6 Å². The maximum absolute atomic E-state index is 6.36. The van der Waals surface area contributed by atoms with Crippen LogP contribution in [0.25, 0.3) is 11.0 Å². The van der Waals surface area contributed by atoms with Crippen molar-refractivity contribution in [3.8, 4) is 0 Å². The summed E-state index contributed by atoms with van der Waals surface area (Å²) in [4.78, 5) is 9.26. The highest BCUT2D eigenvalue weighted by Gasteiger charge is 2.14. The molecule has 1 aromatic heterocycles. The first kappa shape index (κ1) is 15.5. The van der Waals surface area contributed by atoms with E-state index in [4.69, 9.17) is 16.6 Å². The second kappa shape index (κ2) is 6.87. The number of thioether (sulfide) groups is 1. The fourth-order valence-electron chi connectivity index (χ4n) is 2.81. The van der Waals surface area contributed by atoms with Crippen molar-refractivity contribution < 1.29 is 0 Å². The van der Waals surface area contributed by atoms with Crippen LogP contribution in [0.15, 0.2) is 53.5 Å². The van der Waals surface area contributed by atoms with Crippen LogP contribution >= 0.6 is 23.4 Å². The molecule has 0 spiro atoms. The smallest absolute Gasteiger partial charge is 0.157 e. The van der Waals surface area contributed by atoms with Gasteiger partial charge < -0.3 is 9.88 Å².